The molecule has 0 saturated carbocycles. The summed E-state index contributed by atoms with van der Waals surface area (Å²) in [5, 5.41) is 3.58. The summed E-state index contributed by atoms with van der Waals surface area (Å²) in [5.41, 5.74) is 1.35. The van der Waals surface area contributed by atoms with E-state index in [-0.39, 0.29) is 0 Å². The molecular weight excluding hydrogens is 282 g/mol. The number of thioether (sulfide) groups is 2. The Balaban J connectivity index is 1.73. The van der Waals surface area contributed by atoms with Gasteiger partial charge in [-0.05, 0) is 43.0 Å². The highest BCUT2D eigenvalue weighted by Gasteiger charge is 2.04. The number of hydrogen-bond acceptors (Lipinski definition) is 3. The van der Waals surface area contributed by atoms with Crippen molar-refractivity contribution in [3.8, 4) is 0 Å². The first-order valence-electron chi connectivity index (χ1n) is 6.85. The van der Waals surface area contributed by atoms with Crippen molar-refractivity contribution in [3.05, 3.63) is 60.2 Å². The Hall–Kier alpha value is -0.900. The van der Waals surface area contributed by atoms with E-state index < -0.39 is 0 Å². The van der Waals surface area contributed by atoms with Gasteiger partial charge in [0, 0.05) is 28.1 Å². The van der Waals surface area contributed by atoms with Crippen LogP contribution in [-0.2, 0) is 0 Å². The molecule has 2 rings (SSSR count). The molecule has 3 heteroatoms. The first-order valence-corrected chi connectivity index (χ1v) is 9.06. The highest BCUT2D eigenvalue weighted by atomic mass is 32.2. The van der Waals surface area contributed by atoms with Gasteiger partial charge in [0.25, 0.3) is 0 Å². The van der Waals surface area contributed by atoms with Crippen LogP contribution >= 0.6 is 23.5 Å². The minimum atomic E-state index is 0.405. The Kier molecular flexibility index (Phi) is 6.51. The monoisotopic (exact) mass is 303 g/mol. The molecule has 1 unspecified atom stereocenters. The van der Waals surface area contributed by atoms with Crippen LogP contribution in [0.3, 0.4) is 0 Å². The van der Waals surface area contributed by atoms with E-state index >= 15 is 0 Å². The largest absolute Gasteiger partial charge is 0.309 e. The van der Waals surface area contributed by atoms with Crippen LogP contribution in [0.25, 0.3) is 0 Å². The fourth-order valence-electron chi connectivity index (χ4n) is 1.97. The lowest BCUT2D eigenvalue weighted by atomic mass is 10.1. The maximum atomic E-state index is 3.58. The second kappa shape index (κ2) is 8.40. The van der Waals surface area contributed by atoms with Gasteiger partial charge in [-0.3, -0.25) is 0 Å². The number of benzene rings is 2. The molecule has 1 nitrogen and oxygen atoms in total. The maximum Gasteiger partial charge on any atom is 0.0292 e. The van der Waals surface area contributed by atoms with Crippen LogP contribution in [0, 0.1) is 0 Å². The van der Waals surface area contributed by atoms with Crippen molar-refractivity contribution in [2.45, 2.75) is 22.8 Å². The van der Waals surface area contributed by atoms with Crippen molar-refractivity contribution in [3.63, 3.8) is 0 Å². The van der Waals surface area contributed by atoms with Crippen molar-refractivity contribution in [2.75, 3.05) is 18.6 Å². The van der Waals surface area contributed by atoms with Gasteiger partial charge in [-0.1, -0.05) is 30.3 Å². The fraction of sp³-hybridized carbons (Fsp3) is 0.294. The standard InChI is InChI=1S/C17H21NS2/c1-14(15-8-10-16(19-2)11-9-15)18-12-13-20-17-6-4-3-5-7-17/h3-11,14,18H,12-13H2,1-2H3. The molecular formula is C17H21NS2. The van der Waals surface area contributed by atoms with Crippen LogP contribution < -0.4 is 5.32 Å². The summed E-state index contributed by atoms with van der Waals surface area (Å²) in [6, 6.07) is 19.8. The summed E-state index contributed by atoms with van der Waals surface area (Å²) >= 11 is 3.68. The Morgan fingerprint density at radius 2 is 1.65 bits per heavy atom. The van der Waals surface area contributed by atoms with Crippen molar-refractivity contribution >= 4 is 23.5 Å². The summed E-state index contributed by atoms with van der Waals surface area (Å²) in [5.74, 6) is 1.09. The van der Waals surface area contributed by atoms with E-state index in [4.69, 9.17) is 0 Å². The molecule has 0 aliphatic heterocycles. The van der Waals surface area contributed by atoms with Gasteiger partial charge in [0.05, 0.1) is 0 Å². The first-order chi connectivity index (χ1) is 9.79. The molecule has 0 amide bonds. The Labute approximate surface area is 130 Å². The van der Waals surface area contributed by atoms with Gasteiger partial charge in [0.2, 0.25) is 0 Å². The molecule has 0 aliphatic carbocycles. The molecule has 20 heavy (non-hydrogen) atoms. The topological polar surface area (TPSA) is 12.0 Å². The van der Waals surface area contributed by atoms with E-state index in [2.05, 4.69) is 73.1 Å². The molecule has 0 heterocycles. The molecule has 0 saturated heterocycles. The minimum absolute atomic E-state index is 0.405. The highest BCUT2D eigenvalue weighted by Crippen LogP contribution is 2.19. The molecule has 0 aliphatic rings. The lowest BCUT2D eigenvalue weighted by Gasteiger charge is -2.14. The lowest BCUT2D eigenvalue weighted by molar-refractivity contribution is 0.601. The van der Waals surface area contributed by atoms with Crippen LogP contribution in [0.15, 0.2) is 64.4 Å². The molecule has 0 bridgehead atoms. The summed E-state index contributed by atoms with van der Waals surface area (Å²) in [4.78, 5) is 2.66. The Morgan fingerprint density at radius 3 is 2.30 bits per heavy atom. The van der Waals surface area contributed by atoms with Gasteiger partial charge in [-0.25, -0.2) is 0 Å². The van der Waals surface area contributed by atoms with E-state index in [9.17, 15) is 0 Å². The molecule has 0 aromatic heterocycles. The molecule has 0 radical (unpaired) electrons. The summed E-state index contributed by atoms with van der Waals surface area (Å²) in [7, 11) is 0. The second-order valence-corrected chi connectivity index (χ2v) is 6.66. The zero-order valence-corrected chi connectivity index (χ0v) is 13.6. The molecule has 106 valence electrons. The smallest absolute Gasteiger partial charge is 0.0292 e. The first kappa shape index (κ1) is 15.5. The number of hydrogen-bond donors (Lipinski definition) is 1. The lowest BCUT2D eigenvalue weighted by Crippen LogP contribution is -2.21. The number of nitrogens with one attached hydrogen (secondary N) is 1. The predicted molar refractivity (Wildman–Crippen MR) is 91.8 cm³/mol. The molecule has 1 N–H and O–H groups in total. The average Bonchev–Trinajstić information content (AvgIpc) is 2.52. The van der Waals surface area contributed by atoms with E-state index in [1.165, 1.54) is 15.4 Å². The van der Waals surface area contributed by atoms with Gasteiger partial charge in [0.15, 0.2) is 0 Å². The third kappa shape index (κ3) is 4.89. The van der Waals surface area contributed by atoms with E-state index in [0.29, 0.717) is 6.04 Å². The van der Waals surface area contributed by atoms with E-state index in [0.717, 1.165) is 12.3 Å². The second-order valence-electron chi connectivity index (χ2n) is 4.61. The van der Waals surface area contributed by atoms with Gasteiger partial charge in [0.1, 0.15) is 0 Å². The van der Waals surface area contributed by atoms with E-state index in [1.54, 1.807) is 11.8 Å². The van der Waals surface area contributed by atoms with Crippen LogP contribution in [0.5, 0.6) is 0 Å². The quantitative estimate of drug-likeness (QED) is 0.580. The summed E-state index contributed by atoms with van der Waals surface area (Å²) < 4.78 is 0. The summed E-state index contributed by atoms with van der Waals surface area (Å²) in [6.45, 7) is 3.24. The summed E-state index contributed by atoms with van der Waals surface area (Å²) in [6.07, 6.45) is 2.11. The fourth-order valence-corrected chi connectivity index (χ4v) is 3.18. The maximum absolute atomic E-state index is 3.58. The molecule has 2 aromatic rings. The van der Waals surface area contributed by atoms with Gasteiger partial charge in [-0.15, -0.1) is 23.5 Å². The van der Waals surface area contributed by atoms with Crippen LogP contribution in [-0.4, -0.2) is 18.6 Å². The highest BCUT2D eigenvalue weighted by molar-refractivity contribution is 7.99. The van der Waals surface area contributed by atoms with Crippen LogP contribution in [0.4, 0.5) is 0 Å². The Bertz CT molecular complexity index is 496. The van der Waals surface area contributed by atoms with Crippen molar-refractivity contribution in [1.29, 1.82) is 0 Å². The molecule has 0 spiro atoms. The van der Waals surface area contributed by atoms with Crippen LogP contribution in [0.1, 0.15) is 18.5 Å². The van der Waals surface area contributed by atoms with Crippen molar-refractivity contribution in [1.82, 2.24) is 5.32 Å². The average molecular weight is 303 g/mol. The van der Waals surface area contributed by atoms with Crippen molar-refractivity contribution in [2.24, 2.45) is 0 Å². The van der Waals surface area contributed by atoms with Gasteiger partial charge < -0.3 is 5.32 Å². The zero-order chi connectivity index (χ0) is 14.2. The normalized spacial score (nSPS) is 12.3. The number of rotatable bonds is 7. The van der Waals surface area contributed by atoms with Gasteiger partial charge >= 0.3 is 0 Å². The van der Waals surface area contributed by atoms with Crippen LogP contribution in [0.2, 0.25) is 0 Å². The molecule has 2 aromatic carbocycles. The third-order valence-corrected chi connectivity index (χ3v) is 4.94. The zero-order valence-electron chi connectivity index (χ0n) is 12.0. The SMILES string of the molecule is CSc1ccc(C(C)NCCSc2ccccc2)cc1. The third-order valence-electron chi connectivity index (χ3n) is 3.18. The van der Waals surface area contributed by atoms with E-state index in [1.807, 2.05) is 11.8 Å². The minimum Gasteiger partial charge on any atom is -0.309 e. The van der Waals surface area contributed by atoms with Crippen molar-refractivity contribution < 1.29 is 0 Å². The molecule has 0 fully saturated rings. The van der Waals surface area contributed by atoms with Gasteiger partial charge in [-0.2, -0.15) is 0 Å². The molecule has 1 atom stereocenters. The Morgan fingerprint density at radius 1 is 0.950 bits per heavy atom. The predicted octanol–water partition coefficient (Wildman–Crippen LogP) is 4.85.